The van der Waals surface area contributed by atoms with Gasteiger partial charge in [-0.2, -0.15) is 0 Å². The maximum absolute atomic E-state index is 5.89. The lowest BCUT2D eigenvalue weighted by atomic mass is 10.1. The molecule has 3 rings (SSSR count). The minimum Gasteiger partial charge on any atom is -0.383 e. The number of ether oxygens (including phenoxy) is 2. The Hall–Kier alpha value is -2.32. The molecule has 0 aromatic carbocycles. The summed E-state index contributed by atoms with van der Waals surface area (Å²) in [6, 6.07) is 0. The van der Waals surface area contributed by atoms with E-state index in [1.165, 1.54) is 6.33 Å². The van der Waals surface area contributed by atoms with Crippen molar-refractivity contribution in [2.24, 2.45) is 0 Å². The first-order valence-corrected chi connectivity index (χ1v) is 6.55. The van der Waals surface area contributed by atoms with Gasteiger partial charge in [0, 0.05) is 31.0 Å². The molecule has 1 unspecified atom stereocenters. The summed E-state index contributed by atoms with van der Waals surface area (Å²) in [6.07, 6.45) is 9.15. The number of hydrogen-bond donors (Lipinski definition) is 1. The second kappa shape index (κ2) is 5.58. The smallest absolute Gasteiger partial charge is 0.193 e. The van der Waals surface area contributed by atoms with E-state index in [0.29, 0.717) is 25.4 Å². The number of hydrogen-bond acceptors (Lipinski definition) is 7. The van der Waals surface area contributed by atoms with Gasteiger partial charge in [0.05, 0.1) is 24.7 Å². The Morgan fingerprint density at radius 2 is 2.33 bits per heavy atom. The number of nitrogen functional groups attached to an aromatic ring is 1. The van der Waals surface area contributed by atoms with Crippen LogP contribution in [0.5, 0.6) is 0 Å². The summed E-state index contributed by atoms with van der Waals surface area (Å²) >= 11 is 0. The monoisotopic (exact) mass is 288 g/mol. The van der Waals surface area contributed by atoms with Crippen LogP contribution in [0.4, 0.5) is 5.82 Å². The van der Waals surface area contributed by atoms with Gasteiger partial charge in [0.15, 0.2) is 5.79 Å². The van der Waals surface area contributed by atoms with E-state index in [-0.39, 0.29) is 0 Å². The lowest BCUT2D eigenvalue weighted by molar-refractivity contribution is -0.173. The van der Waals surface area contributed by atoms with E-state index in [1.54, 1.807) is 24.2 Å². The van der Waals surface area contributed by atoms with Gasteiger partial charge in [-0.25, -0.2) is 9.97 Å². The standard InChI is InChI=1S/C13H16N6O2/c1-20-13(21-7-6-19-5-4-17-18-19)3-2-10-11(8-13)15-9-16-12(10)14/h2,4-5,8-9H,3,6-7H2,1H3,(H2,14,15,16). The van der Waals surface area contributed by atoms with Gasteiger partial charge >= 0.3 is 0 Å². The SMILES string of the molecule is COC1(OCCn2ccnn2)C=c2ncnc(N)c2=CC1. The summed E-state index contributed by atoms with van der Waals surface area (Å²) in [7, 11) is 1.61. The quantitative estimate of drug-likeness (QED) is 0.680. The van der Waals surface area contributed by atoms with Crippen LogP contribution in [0.1, 0.15) is 6.42 Å². The number of aromatic nitrogens is 5. The fourth-order valence-electron chi connectivity index (χ4n) is 2.22. The van der Waals surface area contributed by atoms with Crippen molar-refractivity contribution in [3.63, 3.8) is 0 Å². The summed E-state index contributed by atoms with van der Waals surface area (Å²) in [4.78, 5) is 8.19. The normalized spacial score (nSPS) is 20.4. The molecule has 1 atom stereocenters. The van der Waals surface area contributed by atoms with Crippen LogP contribution in [0.25, 0.3) is 12.2 Å². The Bertz CT molecular complexity index is 730. The highest BCUT2D eigenvalue weighted by Crippen LogP contribution is 2.21. The maximum Gasteiger partial charge on any atom is 0.193 e. The van der Waals surface area contributed by atoms with Gasteiger partial charge < -0.3 is 15.2 Å². The van der Waals surface area contributed by atoms with Gasteiger partial charge in [-0.15, -0.1) is 5.10 Å². The van der Waals surface area contributed by atoms with Gasteiger partial charge in [0.2, 0.25) is 0 Å². The molecule has 2 N–H and O–H groups in total. The van der Waals surface area contributed by atoms with Crippen LogP contribution in [0.2, 0.25) is 0 Å². The largest absolute Gasteiger partial charge is 0.383 e. The molecule has 21 heavy (non-hydrogen) atoms. The fourth-order valence-corrected chi connectivity index (χ4v) is 2.22. The van der Waals surface area contributed by atoms with Crippen molar-refractivity contribution in [3.05, 3.63) is 29.3 Å². The summed E-state index contributed by atoms with van der Waals surface area (Å²) in [6.45, 7) is 1.04. The molecule has 0 saturated carbocycles. The lowest BCUT2D eigenvalue weighted by Crippen LogP contribution is -2.44. The fraction of sp³-hybridized carbons (Fsp3) is 0.385. The van der Waals surface area contributed by atoms with Crippen molar-refractivity contribution in [1.29, 1.82) is 0 Å². The van der Waals surface area contributed by atoms with E-state index in [1.807, 2.05) is 12.2 Å². The number of methoxy groups -OCH3 is 1. The average molecular weight is 288 g/mol. The van der Waals surface area contributed by atoms with Gasteiger partial charge in [-0.3, -0.25) is 4.68 Å². The van der Waals surface area contributed by atoms with E-state index in [0.717, 1.165) is 10.6 Å². The van der Waals surface area contributed by atoms with Crippen LogP contribution in [-0.2, 0) is 16.0 Å². The molecule has 0 aliphatic heterocycles. The molecule has 0 fully saturated rings. The Kier molecular flexibility index (Phi) is 3.63. The molecule has 2 aromatic heterocycles. The first kappa shape index (κ1) is 13.7. The second-order valence-corrected chi connectivity index (χ2v) is 4.64. The van der Waals surface area contributed by atoms with E-state index in [2.05, 4.69) is 20.3 Å². The van der Waals surface area contributed by atoms with Crippen molar-refractivity contribution in [3.8, 4) is 0 Å². The Morgan fingerprint density at radius 3 is 3.10 bits per heavy atom. The molecule has 8 heteroatoms. The predicted octanol–water partition coefficient (Wildman–Crippen LogP) is -1.33. The van der Waals surface area contributed by atoms with Crippen molar-refractivity contribution < 1.29 is 9.47 Å². The molecule has 110 valence electrons. The molecule has 8 nitrogen and oxygen atoms in total. The molecule has 0 radical (unpaired) electrons. The molecule has 2 aromatic rings. The van der Waals surface area contributed by atoms with Crippen LogP contribution in [0.15, 0.2) is 18.7 Å². The molecule has 0 saturated heterocycles. The topological polar surface area (TPSA) is 101 Å². The average Bonchev–Trinajstić information content (AvgIpc) is 3.01. The molecule has 0 bridgehead atoms. The van der Waals surface area contributed by atoms with E-state index in [4.69, 9.17) is 15.2 Å². The third-order valence-electron chi connectivity index (χ3n) is 3.38. The van der Waals surface area contributed by atoms with Gasteiger partial charge in [0.1, 0.15) is 12.1 Å². The van der Waals surface area contributed by atoms with Crippen LogP contribution in [0, 0.1) is 0 Å². The van der Waals surface area contributed by atoms with Gasteiger partial charge in [-0.05, 0) is 0 Å². The van der Waals surface area contributed by atoms with Crippen LogP contribution < -0.4 is 16.3 Å². The second-order valence-electron chi connectivity index (χ2n) is 4.64. The number of rotatable bonds is 5. The summed E-state index contributed by atoms with van der Waals surface area (Å²) in [5.41, 5.74) is 5.83. The zero-order valence-electron chi connectivity index (χ0n) is 11.6. The van der Waals surface area contributed by atoms with Crippen LogP contribution >= 0.6 is 0 Å². The van der Waals surface area contributed by atoms with Gasteiger partial charge in [-0.1, -0.05) is 11.3 Å². The zero-order valence-corrected chi connectivity index (χ0v) is 11.6. The predicted molar refractivity (Wildman–Crippen MR) is 75.0 cm³/mol. The molecule has 2 heterocycles. The lowest BCUT2D eigenvalue weighted by Gasteiger charge is -2.29. The van der Waals surface area contributed by atoms with E-state index < -0.39 is 5.79 Å². The minimum absolute atomic E-state index is 0.442. The first-order chi connectivity index (χ1) is 10.2. The van der Waals surface area contributed by atoms with Gasteiger partial charge in [0.25, 0.3) is 0 Å². The molecule has 1 aliphatic rings. The van der Waals surface area contributed by atoms with Crippen LogP contribution in [0.3, 0.4) is 0 Å². The minimum atomic E-state index is -0.839. The maximum atomic E-state index is 5.89. The number of fused-ring (bicyclic) bond motifs is 1. The Labute approximate surface area is 120 Å². The first-order valence-electron chi connectivity index (χ1n) is 6.55. The van der Waals surface area contributed by atoms with Crippen molar-refractivity contribution in [2.45, 2.75) is 18.8 Å². The summed E-state index contributed by atoms with van der Waals surface area (Å²) < 4.78 is 13.1. The summed E-state index contributed by atoms with van der Waals surface area (Å²) in [5, 5.41) is 9.17. The van der Waals surface area contributed by atoms with E-state index in [9.17, 15) is 0 Å². The number of nitrogens with two attached hydrogens (primary N) is 1. The third-order valence-corrected chi connectivity index (χ3v) is 3.38. The Balaban J connectivity index is 1.78. The highest BCUT2D eigenvalue weighted by molar-refractivity contribution is 5.48. The molecule has 1 aliphatic carbocycles. The number of nitrogens with zero attached hydrogens (tertiary/aromatic N) is 5. The Morgan fingerprint density at radius 1 is 1.43 bits per heavy atom. The molecule has 0 amide bonds. The molecule has 0 spiro atoms. The van der Waals surface area contributed by atoms with E-state index >= 15 is 0 Å². The highest BCUT2D eigenvalue weighted by atomic mass is 16.7. The third kappa shape index (κ3) is 2.76. The highest BCUT2D eigenvalue weighted by Gasteiger charge is 2.29. The van der Waals surface area contributed by atoms with Crippen molar-refractivity contribution in [2.75, 3.05) is 19.5 Å². The number of anilines is 1. The molecular weight excluding hydrogens is 272 g/mol. The molecular formula is C13H16N6O2. The van der Waals surface area contributed by atoms with Crippen molar-refractivity contribution >= 4 is 18.0 Å². The summed E-state index contributed by atoms with van der Waals surface area (Å²) in [5.74, 6) is -0.377. The van der Waals surface area contributed by atoms with Crippen LogP contribution in [-0.4, -0.2) is 44.5 Å². The zero-order chi connectivity index (χ0) is 14.7. The van der Waals surface area contributed by atoms with Crippen molar-refractivity contribution in [1.82, 2.24) is 25.0 Å².